The van der Waals surface area contributed by atoms with Crippen molar-refractivity contribution in [3.05, 3.63) is 17.7 Å². The van der Waals surface area contributed by atoms with Crippen LogP contribution in [-0.4, -0.2) is 16.5 Å². The standard InChI is InChI=1S/C11H20N4/c1-4-5-13-7-10-9(12)6-14-11(15-10)8(2)3/h6,8,13H,4-5,7,12H2,1-3H3. The molecule has 0 aliphatic heterocycles. The molecular weight excluding hydrogens is 188 g/mol. The predicted octanol–water partition coefficient (Wildman–Crippen LogP) is 1.68. The Morgan fingerprint density at radius 2 is 2.20 bits per heavy atom. The van der Waals surface area contributed by atoms with E-state index in [1.54, 1.807) is 6.20 Å². The molecule has 1 rings (SSSR count). The van der Waals surface area contributed by atoms with Crippen LogP contribution in [-0.2, 0) is 6.54 Å². The minimum absolute atomic E-state index is 0.343. The molecule has 4 nitrogen and oxygen atoms in total. The van der Waals surface area contributed by atoms with Crippen LogP contribution in [0.3, 0.4) is 0 Å². The van der Waals surface area contributed by atoms with Crippen LogP contribution in [0.5, 0.6) is 0 Å². The zero-order valence-corrected chi connectivity index (χ0v) is 9.75. The molecule has 1 aromatic rings. The number of hydrogen-bond donors (Lipinski definition) is 2. The van der Waals surface area contributed by atoms with E-state index in [1.807, 2.05) is 0 Å². The number of aromatic nitrogens is 2. The van der Waals surface area contributed by atoms with Gasteiger partial charge in [-0.25, -0.2) is 9.97 Å². The van der Waals surface area contributed by atoms with Gasteiger partial charge in [0.2, 0.25) is 0 Å². The molecule has 0 aromatic carbocycles. The van der Waals surface area contributed by atoms with Gasteiger partial charge in [0, 0.05) is 12.5 Å². The van der Waals surface area contributed by atoms with Crippen LogP contribution >= 0.6 is 0 Å². The molecule has 4 heteroatoms. The summed E-state index contributed by atoms with van der Waals surface area (Å²) in [4.78, 5) is 8.65. The summed E-state index contributed by atoms with van der Waals surface area (Å²) in [5, 5.41) is 3.29. The average molecular weight is 208 g/mol. The van der Waals surface area contributed by atoms with E-state index in [0.29, 0.717) is 11.6 Å². The van der Waals surface area contributed by atoms with Crippen molar-refractivity contribution in [2.45, 2.75) is 39.7 Å². The van der Waals surface area contributed by atoms with E-state index in [1.165, 1.54) is 0 Å². The Kier molecular flexibility index (Phi) is 4.49. The van der Waals surface area contributed by atoms with Crippen molar-refractivity contribution in [3.8, 4) is 0 Å². The molecule has 0 aliphatic rings. The van der Waals surface area contributed by atoms with Gasteiger partial charge < -0.3 is 11.1 Å². The molecule has 84 valence electrons. The maximum Gasteiger partial charge on any atom is 0.131 e. The monoisotopic (exact) mass is 208 g/mol. The molecule has 0 radical (unpaired) electrons. The van der Waals surface area contributed by atoms with Crippen molar-refractivity contribution in [2.24, 2.45) is 0 Å². The predicted molar refractivity (Wildman–Crippen MR) is 62.5 cm³/mol. The molecule has 0 unspecified atom stereocenters. The summed E-state index contributed by atoms with van der Waals surface area (Å²) in [7, 11) is 0. The largest absolute Gasteiger partial charge is 0.396 e. The molecule has 3 N–H and O–H groups in total. The first-order valence-electron chi connectivity index (χ1n) is 5.47. The fourth-order valence-electron chi connectivity index (χ4n) is 1.25. The van der Waals surface area contributed by atoms with Gasteiger partial charge in [-0.2, -0.15) is 0 Å². The number of rotatable bonds is 5. The molecular formula is C11H20N4. The summed E-state index contributed by atoms with van der Waals surface area (Å²) in [5.41, 5.74) is 7.38. The van der Waals surface area contributed by atoms with Crippen LogP contribution in [0, 0.1) is 0 Å². The molecule has 0 saturated carbocycles. The fourth-order valence-corrected chi connectivity index (χ4v) is 1.25. The molecule has 0 bridgehead atoms. The topological polar surface area (TPSA) is 63.8 Å². The molecule has 1 heterocycles. The number of nitrogens with one attached hydrogen (secondary N) is 1. The van der Waals surface area contributed by atoms with Gasteiger partial charge in [-0.15, -0.1) is 0 Å². The quantitative estimate of drug-likeness (QED) is 0.723. The van der Waals surface area contributed by atoms with Gasteiger partial charge >= 0.3 is 0 Å². The van der Waals surface area contributed by atoms with Crippen LogP contribution in [0.15, 0.2) is 6.20 Å². The Labute approximate surface area is 91.3 Å². The Morgan fingerprint density at radius 1 is 1.47 bits per heavy atom. The lowest BCUT2D eigenvalue weighted by molar-refractivity contribution is 0.654. The molecule has 0 spiro atoms. The Morgan fingerprint density at radius 3 is 2.80 bits per heavy atom. The number of nitrogens with zero attached hydrogens (tertiary/aromatic N) is 2. The summed E-state index contributed by atoms with van der Waals surface area (Å²) in [6.07, 6.45) is 2.81. The van der Waals surface area contributed by atoms with Crippen LogP contribution < -0.4 is 11.1 Å². The summed E-state index contributed by atoms with van der Waals surface area (Å²) < 4.78 is 0. The van der Waals surface area contributed by atoms with Gasteiger partial charge in [-0.1, -0.05) is 20.8 Å². The van der Waals surface area contributed by atoms with Gasteiger partial charge in [0.05, 0.1) is 17.6 Å². The minimum atomic E-state index is 0.343. The van der Waals surface area contributed by atoms with Gasteiger partial charge in [0.1, 0.15) is 5.82 Å². The van der Waals surface area contributed by atoms with Gasteiger partial charge in [0.25, 0.3) is 0 Å². The highest BCUT2D eigenvalue weighted by Gasteiger charge is 2.06. The maximum atomic E-state index is 5.81. The first kappa shape index (κ1) is 11.9. The van der Waals surface area contributed by atoms with E-state index in [9.17, 15) is 0 Å². The number of anilines is 1. The molecule has 0 amide bonds. The van der Waals surface area contributed by atoms with E-state index in [0.717, 1.165) is 31.0 Å². The van der Waals surface area contributed by atoms with Crippen molar-refractivity contribution in [1.82, 2.24) is 15.3 Å². The number of nitrogens with two attached hydrogens (primary N) is 1. The third-order valence-electron chi connectivity index (χ3n) is 2.15. The van der Waals surface area contributed by atoms with Gasteiger partial charge in [-0.05, 0) is 13.0 Å². The molecule has 0 aliphatic carbocycles. The molecule has 0 saturated heterocycles. The molecule has 15 heavy (non-hydrogen) atoms. The van der Waals surface area contributed by atoms with Crippen molar-refractivity contribution >= 4 is 5.69 Å². The lowest BCUT2D eigenvalue weighted by Crippen LogP contribution is -2.17. The van der Waals surface area contributed by atoms with Crippen LogP contribution in [0.25, 0.3) is 0 Å². The van der Waals surface area contributed by atoms with Crippen LogP contribution in [0.1, 0.15) is 44.6 Å². The third-order valence-corrected chi connectivity index (χ3v) is 2.15. The van der Waals surface area contributed by atoms with Crippen molar-refractivity contribution in [1.29, 1.82) is 0 Å². The second-order valence-electron chi connectivity index (χ2n) is 3.96. The molecule has 0 fully saturated rings. The first-order valence-corrected chi connectivity index (χ1v) is 5.47. The van der Waals surface area contributed by atoms with Gasteiger partial charge in [0.15, 0.2) is 0 Å². The molecule has 0 atom stereocenters. The second-order valence-corrected chi connectivity index (χ2v) is 3.96. The van der Waals surface area contributed by atoms with E-state index in [2.05, 4.69) is 36.1 Å². The Balaban J connectivity index is 2.72. The van der Waals surface area contributed by atoms with Crippen molar-refractivity contribution in [2.75, 3.05) is 12.3 Å². The van der Waals surface area contributed by atoms with E-state index in [4.69, 9.17) is 5.73 Å². The lowest BCUT2D eigenvalue weighted by atomic mass is 10.2. The van der Waals surface area contributed by atoms with Crippen molar-refractivity contribution in [3.63, 3.8) is 0 Å². The Hall–Kier alpha value is -1.16. The van der Waals surface area contributed by atoms with E-state index >= 15 is 0 Å². The summed E-state index contributed by atoms with van der Waals surface area (Å²) in [6, 6.07) is 0. The summed E-state index contributed by atoms with van der Waals surface area (Å²) >= 11 is 0. The van der Waals surface area contributed by atoms with Crippen molar-refractivity contribution < 1.29 is 0 Å². The van der Waals surface area contributed by atoms with E-state index in [-0.39, 0.29) is 0 Å². The fraction of sp³-hybridized carbons (Fsp3) is 0.636. The Bertz CT molecular complexity index is 309. The third kappa shape index (κ3) is 3.47. The van der Waals surface area contributed by atoms with Gasteiger partial charge in [-0.3, -0.25) is 0 Å². The highest BCUT2D eigenvalue weighted by atomic mass is 15.0. The average Bonchev–Trinajstić information content (AvgIpc) is 2.20. The maximum absolute atomic E-state index is 5.81. The highest BCUT2D eigenvalue weighted by molar-refractivity contribution is 5.40. The second kappa shape index (κ2) is 5.66. The number of hydrogen-bond acceptors (Lipinski definition) is 4. The minimum Gasteiger partial charge on any atom is -0.396 e. The molecule has 1 aromatic heterocycles. The van der Waals surface area contributed by atoms with Crippen LogP contribution in [0.4, 0.5) is 5.69 Å². The smallest absolute Gasteiger partial charge is 0.131 e. The SMILES string of the molecule is CCCNCc1nc(C(C)C)ncc1N. The normalized spacial score (nSPS) is 10.9. The summed E-state index contributed by atoms with van der Waals surface area (Å²) in [6.45, 7) is 8.00. The van der Waals surface area contributed by atoms with Crippen LogP contribution in [0.2, 0.25) is 0 Å². The summed E-state index contributed by atoms with van der Waals surface area (Å²) in [5.74, 6) is 1.20. The zero-order valence-electron chi connectivity index (χ0n) is 9.75. The number of nitrogen functional groups attached to an aromatic ring is 1. The highest BCUT2D eigenvalue weighted by Crippen LogP contribution is 2.13. The lowest BCUT2D eigenvalue weighted by Gasteiger charge is -2.09. The van der Waals surface area contributed by atoms with E-state index < -0.39 is 0 Å². The first-order chi connectivity index (χ1) is 7.15. The zero-order chi connectivity index (χ0) is 11.3.